The summed E-state index contributed by atoms with van der Waals surface area (Å²) in [6, 6.07) is 3.36. The minimum atomic E-state index is -4.14. The van der Waals surface area contributed by atoms with E-state index in [1.54, 1.807) is 4.72 Å². The van der Waals surface area contributed by atoms with Crippen LogP contribution in [0.25, 0.3) is 0 Å². The molecule has 0 radical (unpaired) electrons. The predicted octanol–water partition coefficient (Wildman–Crippen LogP) is 0.297. The Morgan fingerprint density at radius 3 is 2.72 bits per heavy atom. The summed E-state index contributed by atoms with van der Waals surface area (Å²) in [5.74, 6) is -0.542. The van der Waals surface area contributed by atoms with Crippen molar-refractivity contribution in [2.45, 2.75) is 6.54 Å². The molecule has 1 rings (SSSR count). The highest BCUT2D eigenvalue weighted by Gasteiger charge is 2.16. The molecule has 100 valence electrons. The van der Waals surface area contributed by atoms with E-state index in [9.17, 15) is 17.6 Å². The highest BCUT2D eigenvalue weighted by Crippen LogP contribution is 2.17. The highest BCUT2D eigenvalue weighted by molar-refractivity contribution is 7.91. The molecule has 7 nitrogen and oxygen atoms in total. The number of nitrogens with two attached hydrogens (primary N) is 1. The van der Waals surface area contributed by atoms with Crippen molar-refractivity contribution in [2.75, 3.05) is 11.8 Å². The number of benzene rings is 1. The number of ether oxygens (including phenoxy) is 1. The van der Waals surface area contributed by atoms with Gasteiger partial charge in [-0.25, -0.2) is 13.9 Å². The summed E-state index contributed by atoms with van der Waals surface area (Å²) in [6.45, 7) is -0.0617. The SMILES string of the molecule is COC(=O)NS(=O)(=O)Nc1ccc(F)cc1CN. The minimum absolute atomic E-state index is 0.0617. The smallest absolute Gasteiger partial charge is 0.422 e. The fourth-order valence-electron chi connectivity index (χ4n) is 1.15. The van der Waals surface area contributed by atoms with Gasteiger partial charge in [0.1, 0.15) is 5.82 Å². The first-order valence-corrected chi connectivity index (χ1v) is 6.23. The second-order valence-electron chi connectivity index (χ2n) is 3.20. The van der Waals surface area contributed by atoms with E-state index in [0.29, 0.717) is 0 Å². The van der Waals surface area contributed by atoms with Gasteiger partial charge >= 0.3 is 16.3 Å². The molecular formula is C9H12FN3O4S. The van der Waals surface area contributed by atoms with Gasteiger partial charge in [0.25, 0.3) is 0 Å². The van der Waals surface area contributed by atoms with Crippen LogP contribution in [0.3, 0.4) is 0 Å². The first-order chi connectivity index (χ1) is 8.38. The molecule has 0 unspecified atom stereocenters. The molecule has 0 fully saturated rings. The van der Waals surface area contributed by atoms with Crippen LogP contribution in [0.2, 0.25) is 0 Å². The van der Waals surface area contributed by atoms with Crippen LogP contribution in [0, 0.1) is 5.82 Å². The molecule has 0 atom stereocenters. The van der Waals surface area contributed by atoms with E-state index in [0.717, 1.165) is 19.2 Å². The normalized spacial score (nSPS) is 10.8. The maximum atomic E-state index is 12.9. The Bertz CT molecular complexity index is 547. The van der Waals surface area contributed by atoms with Gasteiger partial charge in [0.2, 0.25) is 0 Å². The number of carbonyl (C=O) groups excluding carboxylic acids is 1. The maximum Gasteiger partial charge on any atom is 0.422 e. The first-order valence-electron chi connectivity index (χ1n) is 4.75. The topological polar surface area (TPSA) is 111 Å². The molecule has 1 aromatic carbocycles. The van der Waals surface area contributed by atoms with Crippen LogP contribution >= 0.6 is 0 Å². The summed E-state index contributed by atoms with van der Waals surface area (Å²) in [4.78, 5) is 10.8. The molecule has 0 bridgehead atoms. The van der Waals surface area contributed by atoms with E-state index in [1.165, 1.54) is 6.07 Å². The molecule has 0 aliphatic carbocycles. The second kappa shape index (κ2) is 5.65. The summed E-state index contributed by atoms with van der Waals surface area (Å²) >= 11 is 0. The summed E-state index contributed by atoms with van der Waals surface area (Å²) < 4.78 is 43.6. The molecule has 4 N–H and O–H groups in total. The standard InChI is InChI=1S/C9H12FN3O4S/c1-17-9(14)13-18(15,16)12-8-3-2-7(10)4-6(8)5-11/h2-4,12H,5,11H2,1H3,(H,13,14). The number of anilines is 1. The van der Waals surface area contributed by atoms with Gasteiger partial charge in [-0.3, -0.25) is 4.72 Å². The van der Waals surface area contributed by atoms with Gasteiger partial charge in [-0.15, -0.1) is 0 Å². The van der Waals surface area contributed by atoms with Crippen molar-refractivity contribution in [3.05, 3.63) is 29.6 Å². The predicted molar refractivity (Wildman–Crippen MR) is 62.4 cm³/mol. The van der Waals surface area contributed by atoms with E-state index in [1.807, 2.05) is 4.72 Å². The Morgan fingerprint density at radius 1 is 1.50 bits per heavy atom. The zero-order valence-corrected chi connectivity index (χ0v) is 10.3. The van der Waals surface area contributed by atoms with Crippen LogP contribution in [0.5, 0.6) is 0 Å². The van der Waals surface area contributed by atoms with Crippen molar-refractivity contribution >= 4 is 22.0 Å². The first kappa shape index (κ1) is 14.2. The zero-order chi connectivity index (χ0) is 13.8. The average Bonchev–Trinajstić information content (AvgIpc) is 2.30. The third-order valence-electron chi connectivity index (χ3n) is 1.93. The van der Waals surface area contributed by atoms with Crippen molar-refractivity contribution in [1.29, 1.82) is 0 Å². The number of nitrogens with one attached hydrogen (secondary N) is 2. The average molecular weight is 277 g/mol. The molecule has 0 heterocycles. The summed E-state index contributed by atoms with van der Waals surface area (Å²) in [7, 11) is -3.12. The lowest BCUT2D eigenvalue weighted by Crippen LogP contribution is -2.35. The molecule has 0 saturated carbocycles. The monoisotopic (exact) mass is 277 g/mol. The van der Waals surface area contributed by atoms with Crippen molar-refractivity contribution in [3.63, 3.8) is 0 Å². The number of carbonyl (C=O) groups is 1. The molecule has 0 aromatic heterocycles. The molecule has 0 aliphatic rings. The second-order valence-corrected chi connectivity index (χ2v) is 4.62. The quantitative estimate of drug-likeness (QED) is 0.733. The summed E-state index contributed by atoms with van der Waals surface area (Å²) in [5, 5.41) is 0. The lowest BCUT2D eigenvalue weighted by Gasteiger charge is -2.11. The van der Waals surface area contributed by atoms with Crippen LogP contribution in [0.15, 0.2) is 18.2 Å². The van der Waals surface area contributed by atoms with Crippen molar-refractivity contribution in [1.82, 2.24) is 4.72 Å². The van der Waals surface area contributed by atoms with E-state index in [4.69, 9.17) is 5.73 Å². The van der Waals surface area contributed by atoms with Gasteiger partial charge in [0.15, 0.2) is 0 Å². The largest absolute Gasteiger partial charge is 0.452 e. The molecule has 9 heteroatoms. The molecule has 0 saturated heterocycles. The van der Waals surface area contributed by atoms with Crippen LogP contribution < -0.4 is 15.2 Å². The van der Waals surface area contributed by atoms with Crippen molar-refractivity contribution in [2.24, 2.45) is 5.73 Å². The Morgan fingerprint density at radius 2 is 2.17 bits per heavy atom. The van der Waals surface area contributed by atoms with E-state index >= 15 is 0 Å². The van der Waals surface area contributed by atoms with Crippen molar-refractivity contribution < 1.29 is 22.3 Å². The van der Waals surface area contributed by atoms with Gasteiger partial charge in [0.05, 0.1) is 12.8 Å². The molecule has 0 aliphatic heterocycles. The molecule has 18 heavy (non-hydrogen) atoms. The zero-order valence-electron chi connectivity index (χ0n) is 9.44. The van der Waals surface area contributed by atoms with E-state index < -0.39 is 22.1 Å². The lowest BCUT2D eigenvalue weighted by atomic mass is 10.2. The molecule has 1 aromatic rings. The highest BCUT2D eigenvalue weighted by atomic mass is 32.2. The van der Waals surface area contributed by atoms with E-state index in [2.05, 4.69) is 4.74 Å². The minimum Gasteiger partial charge on any atom is -0.452 e. The Labute approximate surface area is 103 Å². The van der Waals surface area contributed by atoms with Crippen LogP contribution in [0.1, 0.15) is 5.56 Å². The Hall–Kier alpha value is -1.87. The fraction of sp³-hybridized carbons (Fsp3) is 0.222. The van der Waals surface area contributed by atoms with Crippen LogP contribution in [-0.2, 0) is 21.5 Å². The van der Waals surface area contributed by atoms with Crippen LogP contribution in [0.4, 0.5) is 14.9 Å². The lowest BCUT2D eigenvalue weighted by molar-refractivity contribution is 0.177. The fourth-order valence-corrected chi connectivity index (χ4v) is 1.99. The Balaban J connectivity index is 2.94. The number of amides is 1. The summed E-state index contributed by atoms with van der Waals surface area (Å²) in [6.07, 6.45) is -1.14. The number of hydrogen-bond acceptors (Lipinski definition) is 5. The number of rotatable bonds is 4. The Kier molecular flexibility index (Phi) is 4.45. The van der Waals surface area contributed by atoms with Crippen molar-refractivity contribution in [3.8, 4) is 0 Å². The number of halogens is 1. The summed E-state index contributed by atoms with van der Waals surface area (Å²) in [5.41, 5.74) is 5.69. The number of methoxy groups -OCH3 is 1. The number of hydrogen-bond donors (Lipinski definition) is 3. The van der Waals surface area contributed by atoms with Gasteiger partial charge < -0.3 is 10.5 Å². The van der Waals surface area contributed by atoms with Gasteiger partial charge in [-0.05, 0) is 23.8 Å². The maximum absolute atomic E-state index is 12.9. The van der Waals surface area contributed by atoms with Gasteiger partial charge in [0, 0.05) is 6.54 Å². The third kappa shape index (κ3) is 3.86. The van der Waals surface area contributed by atoms with Crippen LogP contribution in [-0.4, -0.2) is 21.6 Å². The van der Waals surface area contributed by atoms with E-state index in [-0.39, 0.29) is 17.8 Å². The van der Waals surface area contributed by atoms with Gasteiger partial charge in [-0.2, -0.15) is 8.42 Å². The molecule has 0 spiro atoms. The molecular weight excluding hydrogens is 265 g/mol. The van der Waals surface area contributed by atoms with Gasteiger partial charge in [-0.1, -0.05) is 0 Å². The third-order valence-corrected chi connectivity index (χ3v) is 2.86. The molecule has 1 amide bonds.